The third-order valence-electron chi connectivity index (χ3n) is 3.14. The summed E-state index contributed by atoms with van der Waals surface area (Å²) in [5.74, 6) is -0.204. The molecule has 1 heterocycles. The predicted molar refractivity (Wildman–Crippen MR) is 80.7 cm³/mol. The molecule has 0 aliphatic rings. The fourth-order valence-electron chi connectivity index (χ4n) is 2.16. The number of hydrogen-bond acceptors (Lipinski definition) is 2. The molecule has 2 rings (SSSR count). The molecule has 0 aliphatic carbocycles. The van der Waals surface area contributed by atoms with Gasteiger partial charge in [0.25, 0.3) is 0 Å². The van der Waals surface area contributed by atoms with Crippen LogP contribution in [0.4, 0.5) is 4.39 Å². The molecule has 2 aromatic rings. The summed E-state index contributed by atoms with van der Waals surface area (Å²) in [6, 6.07) is 4.93. The summed E-state index contributed by atoms with van der Waals surface area (Å²) in [5, 5.41) is 6.29. The lowest BCUT2D eigenvalue weighted by molar-refractivity contribution is 0.613. The van der Waals surface area contributed by atoms with Gasteiger partial charge in [0.1, 0.15) is 5.82 Å². The molecule has 1 unspecified atom stereocenters. The molecule has 0 saturated carbocycles. The van der Waals surface area contributed by atoms with Crippen molar-refractivity contribution in [3.63, 3.8) is 0 Å². The van der Waals surface area contributed by atoms with E-state index in [1.165, 1.54) is 6.07 Å². The van der Waals surface area contributed by atoms with Gasteiger partial charge in [0.05, 0.1) is 11.1 Å². The summed E-state index contributed by atoms with van der Waals surface area (Å²) in [4.78, 5) is 1.09. The number of nitrogens with one attached hydrogen (secondary N) is 1. The van der Waals surface area contributed by atoms with Crippen LogP contribution < -0.4 is 5.32 Å². The normalized spacial score (nSPS) is 12.7. The van der Waals surface area contributed by atoms with Gasteiger partial charge in [-0.15, -0.1) is 11.3 Å². The molecule has 0 amide bonds. The van der Waals surface area contributed by atoms with E-state index in [9.17, 15) is 4.39 Å². The minimum Gasteiger partial charge on any atom is -0.306 e. The highest BCUT2D eigenvalue weighted by Gasteiger charge is 2.20. The zero-order chi connectivity index (χ0) is 14.0. The van der Waals surface area contributed by atoms with Gasteiger partial charge in [0.2, 0.25) is 0 Å². The third kappa shape index (κ3) is 2.99. The van der Waals surface area contributed by atoms with E-state index < -0.39 is 0 Å². The van der Waals surface area contributed by atoms with Gasteiger partial charge in [-0.1, -0.05) is 24.6 Å². The summed E-state index contributed by atoms with van der Waals surface area (Å²) in [6.07, 6.45) is 0. The zero-order valence-corrected chi connectivity index (χ0v) is 12.8. The smallest absolute Gasteiger partial charge is 0.123 e. The van der Waals surface area contributed by atoms with Gasteiger partial charge in [-0.2, -0.15) is 0 Å². The van der Waals surface area contributed by atoms with Crippen molar-refractivity contribution in [2.45, 2.75) is 26.8 Å². The van der Waals surface area contributed by atoms with Gasteiger partial charge in [0, 0.05) is 4.88 Å². The van der Waals surface area contributed by atoms with E-state index in [0.29, 0.717) is 0 Å². The maximum atomic E-state index is 13.2. The molecule has 1 nitrogen and oxygen atoms in total. The molecule has 0 radical (unpaired) electrons. The number of benzene rings is 1. The molecular formula is C15H17ClFNS. The Bertz CT molecular complexity index is 580. The summed E-state index contributed by atoms with van der Waals surface area (Å²) >= 11 is 8.01. The Balaban J connectivity index is 2.48. The highest BCUT2D eigenvalue weighted by atomic mass is 35.5. The second-order valence-corrected chi connectivity index (χ2v) is 5.88. The minimum atomic E-state index is -0.204. The van der Waals surface area contributed by atoms with E-state index >= 15 is 0 Å². The van der Waals surface area contributed by atoms with E-state index in [1.54, 1.807) is 17.4 Å². The summed E-state index contributed by atoms with van der Waals surface area (Å²) in [6.45, 7) is 6.81. The van der Waals surface area contributed by atoms with Crippen molar-refractivity contribution in [2.24, 2.45) is 0 Å². The van der Waals surface area contributed by atoms with Crippen LogP contribution in [0.25, 0.3) is 0 Å². The fourth-order valence-corrected chi connectivity index (χ4v) is 3.55. The molecule has 1 aromatic heterocycles. The first-order valence-electron chi connectivity index (χ1n) is 6.27. The molecule has 0 fully saturated rings. The van der Waals surface area contributed by atoms with Crippen molar-refractivity contribution in [3.8, 4) is 0 Å². The van der Waals surface area contributed by atoms with Gasteiger partial charge in [-0.25, -0.2) is 4.39 Å². The number of hydrogen-bond donors (Lipinski definition) is 1. The van der Waals surface area contributed by atoms with Crippen LogP contribution in [0.5, 0.6) is 0 Å². The molecule has 0 aliphatic heterocycles. The largest absolute Gasteiger partial charge is 0.306 e. The Morgan fingerprint density at radius 2 is 2.05 bits per heavy atom. The first-order chi connectivity index (χ1) is 9.04. The molecule has 102 valence electrons. The molecule has 0 bridgehead atoms. The number of halogens is 2. The van der Waals surface area contributed by atoms with Crippen LogP contribution in [0, 0.1) is 19.7 Å². The van der Waals surface area contributed by atoms with Gasteiger partial charge in [-0.05, 0) is 54.6 Å². The first kappa shape index (κ1) is 14.5. The van der Waals surface area contributed by atoms with Gasteiger partial charge < -0.3 is 5.32 Å². The van der Waals surface area contributed by atoms with Crippen LogP contribution in [0.2, 0.25) is 5.02 Å². The topological polar surface area (TPSA) is 12.0 Å². The van der Waals surface area contributed by atoms with Gasteiger partial charge in [0.15, 0.2) is 0 Å². The van der Waals surface area contributed by atoms with Crippen molar-refractivity contribution < 1.29 is 4.39 Å². The average Bonchev–Trinajstić information content (AvgIpc) is 2.68. The maximum absolute atomic E-state index is 13.2. The lowest BCUT2D eigenvalue weighted by atomic mass is 9.99. The number of thiophene rings is 1. The van der Waals surface area contributed by atoms with Crippen LogP contribution in [0.1, 0.15) is 34.5 Å². The quantitative estimate of drug-likeness (QED) is 0.850. The van der Waals surface area contributed by atoms with E-state index in [2.05, 4.69) is 17.6 Å². The lowest BCUT2D eigenvalue weighted by Crippen LogP contribution is -2.22. The third-order valence-corrected chi connectivity index (χ3v) is 4.92. The maximum Gasteiger partial charge on any atom is 0.123 e. The minimum absolute atomic E-state index is 0.0248. The Morgan fingerprint density at radius 1 is 1.32 bits per heavy atom. The molecule has 4 heteroatoms. The van der Waals surface area contributed by atoms with E-state index in [4.69, 9.17) is 11.6 Å². The average molecular weight is 298 g/mol. The molecule has 0 saturated heterocycles. The van der Waals surface area contributed by atoms with Crippen molar-refractivity contribution in [1.29, 1.82) is 0 Å². The van der Waals surface area contributed by atoms with E-state index in [0.717, 1.165) is 33.1 Å². The Kier molecular flexibility index (Phi) is 4.61. The number of aryl methyl sites for hydroxylation is 2. The summed E-state index contributed by atoms with van der Waals surface area (Å²) < 4.78 is 13.2. The Morgan fingerprint density at radius 3 is 2.58 bits per heavy atom. The Labute approximate surface area is 122 Å². The van der Waals surface area contributed by atoms with Crippen molar-refractivity contribution in [2.75, 3.05) is 6.54 Å². The van der Waals surface area contributed by atoms with Gasteiger partial charge >= 0.3 is 0 Å². The Hall–Kier alpha value is -0.900. The lowest BCUT2D eigenvalue weighted by Gasteiger charge is -2.20. The second-order valence-electron chi connectivity index (χ2n) is 4.59. The van der Waals surface area contributed by atoms with E-state index in [1.807, 2.05) is 19.9 Å². The van der Waals surface area contributed by atoms with Crippen LogP contribution in [-0.4, -0.2) is 6.54 Å². The first-order valence-corrected chi connectivity index (χ1v) is 7.53. The highest BCUT2D eigenvalue weighted by Crippen LogP contribution is 2.36. The van der Waals surface area contributed by atoms with Crippen LogP contribution >= 0.6 is 22.9 Å². The van der Waals surface area contributed by atoms with Crippen LogP contribution in [-0.2, 0) is 0 Å². The molecule has 1 atom stereocenters. The molecule has 1 N–H and O–H groups in total. The van der Waals surface area contributed by atoms with Gasteiger partial charge in [-0.3, -0.25) is 0 Å². The zero-order valence-electron chi connectivity index (χ0n) is 11.3. The number of rotatable bonds is 4. The van der Waals surface area contributed by atoms with Crippen LogP contribution in [0.15, 0.2) is 23.6 Å². The monoisotopic (exact) mass is 297 g/mol. The molecule has 0 spiro atoms. The predicted octanol–water partition coefficient (Wildman–Crippen LogP) is 4.86. The van der Waals surface area contributed by atoms with Crippen molar-refractivity contribution in [3.05, 3.63) is 56.0 Å². The summed E-state index contributed by atoms with van der Waals surface area (Å²) in [7, 11) is 0. The second kappa shape index (κ2) is 6.04. The highest BCUT2D eigenvalue weighted by molar-refractivity contribution is 7.10. The van der Waals surface area contributed by atoms with Crippen LogP contribution in [0.3, 0.4) is 0 Å². The molecular weight excluding hydrogens is 281 g/mol. The standard InChI is InChI=1S/C15H17ClFNS/c1-4-18-14(15-13(16)10(3)8-19-15)12-6-5-11(17)7-9(12)2/h5-8,14,18H,4H2,1-3H3. The fraction of sp³-hybridized carbons (Fsp3) is 0.333. The van der Waals surface area contributed by atoms with E-state index in [-0.39, 0.29) is 11.9 Å². The molecule has 1 aromatic carbocycles. The summed E-state index contributed by atoms with van der Waals surface area (Å²) in [5.41, 5.74) is 3.10. The van der Waals surface area contributed by atoms with Crippen molar-refractivity contribution in [1.82, 2.24) is 5.32 Å². The molecule has 19 heavy (non-hydrogen) atoms. The SMILES string of the molecule is CCNC(c1ccc(F)cc1C)c1scc(C)c1Cl. The van der Waals surface area contributed by atoms with Crippen molar-refractivity contribution >= 4 is 22.9 Å².